The van der Waals surface area contributed by atoms with Gasteiger partial charge in [0.1, 0.15) is 6.10 Å². The van der Waals surface area contributed by atoms with Gasteiger partial charge in [-0.2, -0.15) is 4.21 Å². The fourth-order valence-electron chi connectivity index (χ4n) is 1.48. The average Bonchev–Trinajstić information content (AvgIpc) is 2.23. The second-order valence-electron chi connectivity index (χ2n) is 3.39. The van der Waals surface area contributed by atoms with Crippen molar-refractivity contribution in [2.45, 2.75) is 13.0 Å². The highest BCUT2D eigenvalue weighted by atomic mass is 32.2. The van der Waals surface area contributed by atoms with E-state index in [1.165, 1.54) is 0 Å². The van der Waals surface area contributed by atoms with Crippen molar-refractivity contribution < 1.29 is 12.6 Å². The third kappa shape index (κ3) is 2.03. The molecule has 76 valence electrons. The summed E-state index contributed by atoms with van der Waals surface area (Å²) in [7, 11) is 0. The van der Waals surface area contributed by atoms with Gasteiger partial charge in [0.15, 0.2) is 0 Å². The molecule has 3 nitrogen and oxygen atoms in total. The minimum atomic E-state index is -1.59. The summed E-state index contributed by atoms with van der Waals surface area (Å²) < 4.78 is 21.2. The first kappa shape index (κ1) is 9.83. The molecule has 1 heterocycles. The molecule has 14 heavy (non-hydrogen) atoms. The largest absolute Gasteiger partial charge is 0.305 e. The van der Waals surface area contributed by atoms with Crippen LogP contribution in [0.3, 0.4) is 0 Å². The molecular weight excluding hydrogens is 200 g/mol. The molecule has 0 amide bonds. The van der Waals surface area contributed by atoms with Crippen LogP contribution in [0.5, 0.6) is 0 Å². The molecule has 0 aliphatic carbocycles. The Hall–Kier alpha value is -0.710. The number of hydrogen-bond acceptors (Lipinski definition) is 3. The van der Waals surface area contributed by atoms with E-state index in [0.29, 0.717) is 6.61 Å². The summed E-state index contributed by atoms with van der Waals surface area (Å²) in [4.78, 5) is 0. The lowest BCUT2D eigenvalue weighted by Crippen LogP contribution is -2.26. The fraction of sp³-hybridized carbons (Fsp3) is 0.400. The maximum Gasteiger partial charge on any atom is 0.305 e. The van der Waals surface area contributed by atoms with E-state index in [0.717, 1.165) is 5.56 Å². The highest BCUT2D eigenvalue weighted by Crippen LogP contribution is 2.30. The Labute approximate surface area is 85.9 Å². The zero-order chi connectivity index (χ0) is 9.97. The predicted molar refractivity (Wildman–Crippen MR) is 53.5 cm³/mol. The Balaban J connectivity index is 2.20. The van der Waals surface area contributed by atoms with Crippen molar-refractivity contribution in [1.82, 2.24) is 0 Å². The molecule has 0 bridgehead atoms. The van der Waals surface area contributed by atoms with Crippen LogP contribution in [0.15, 0.2) is 30.3 Å². The maximum absolute atomic E-state index is 11.1. The minimum Gasteiger partial charge on any atom is -0.268 e. The average molecular weight is 212 g/mol. The molecule has 3 atom stereocenters. The first-order chi connectivity index (χ1) is 6.77. The van der Waals surface area contributed by atoms with Crippen LogP contribution in [-0.2, 0) is 19.7 Å². The van der Waals surface area contributed by atoms with Gasteiger partial charge in [-0.1, -0.05) is 37.3 Å². The van der Waals surface area contributed by atoms with Gasteiger partial charge >= 0.3 is 11.4 Å². The Morgan fingerprint density at radius 2 is 2.07 bits per heavy atom. The van der Waals surface area contributed by atoms with Crippen LogP contribution in [0.1, 0.15) is 18.6 Å². The molecule has 1 aliphatic heterocycles. The van der Waals surface area contributed by atoms with E-state index in [4.69, 9.17) is 8.37 Å². The lowest BCUT2D eigenvalue weighted by atomic mass is 9.98. The Kier molecular flexibility index (Phi) is 2.96. The van der Waals surface area contributed by atoms with Crippen molar-refractivity contribution >= 4 is 11.4 Å². The van der Waals surface area contributed by atoms with E-state index in [-0.39, 0.29) is 12.0 Å². The van der Waals surface area contributed by atoms with E-state index < -0.39 is 11.4 Å². The van der Waals surface area contributed by atoms with Crippen molar-refractivity contribution in [1.29, 1.82) is 0 Å². The van der Waals surface area contributed by atoms with E-state index in [1.807, 2.05) is 37.3 Å². The summed E-state index contributed by atoms with van der Waals surface area (Å²) in [5.74, 6) is 0.232. The number of hydrogen-bond donors (Lipinski definition) is 0. The van der Waals surface area contributed by atoms with Crippen LogP contribution in [0.4, 0.5) is 0 Å². The third-order valence-electron chi connectivity index (χ3n) is 2.25. The lowest BCUT2D eigenvalue weighted by molar-refractivity contribution is 0.0600. The molecule has 1 aromatic carbocycles. The van der Waals surface area contributed by atoms with Gasteiger partial charge in [0.05, 0.1) is 6.61 Å². The third-order valence-corrected chi connectivity index (χ3v) is 2.95. The van der Waals surface area contributed by atoms with Gasteiger partial charge in [-0.25, -0.2) is 0 Å². The van der Waals surface area contributed by atoms with Crippen LogP contribution >= 0.6 is 0 Å². The molecule has 0 radical (unpaired) electrons. The standard InChI is InChI=1S/C10H12O3S/c1-8-7-12-14(11)13-10(8)9-5-3-2-4-6-9/h2-6,8,10H,7H2,1H3/t8-,10+,14?/m0/s1. The Morgan fingerprint density at radius 1 is 1.36 bits per heavy atom. The van der Waals surface area contributed by atoms with Gasteiger partial charge in [0.2, 0.25) is 0 Å². The highest BCUT2D eigenvalue weighted by molar-refractivity contribution is 7.75. The number of rotatable bonds is 1. The monoisotopic (exact) mass is 212 g/mol. The van der Waals surface area contributed by atoms with Crippen LogP contribution in [0, 0.1) is 5.92 Å². The van der Waals surface area contributed by atoms with Gasteiger partial charge < -0.3 is 0 Å². The molecular formula is C10H12O3S. The molecule has 0 saturated carbocycles. The summed E-state index contributed by atoms with van der Waals surface area (Å²) in [6, 6.07) is 9.80. The zero-order valence-corrected chi connectivity index (χ0v) is 8.70. The van der Waals surface area contributed by atoms with E-state index in [2.05, 4.69) is 0 Å². The molecule has 0 aromatic heterocycles. The van der Waals surface area contributed by atoms with Crippen molar-refractivity contribution in [3.05, 3.63) is 35.9 Å². The summed E-state index contributed by atoms with van der Waals surface area (Å²) in [5, 5.41) is 0. The SMILES string of the molecule is C[C@H]1COS(=O)O[C@H]1c1ccccc1. The van der Waals surface area contributed by atoms with Gasteiger partial charge in [0, 0.05) is 5.92 Å². The Morgan fingerprint density at radius 3 is 2.79 bits per heavy atom. The van der Waals surface area contributed by atoms with Crippen LogP contribution in [0.25, 0.3) is 0 Å². The van der Waals surface area contributed by atoms with Crippen molar-refractivity contribution in [3.8, 4) is 0 Å². The van der Waals surface area contributed by atoms with E-state index in [1.54, 1.807) is 0 Å². The molecule has 1 aromatic rings. The fourth-order valence-corrected chi connectivity index (χ4v) is 2.34. The highest BCUT2D eigenvalue weighted by Gasteiger charge is 2.28. The van der Waals surface area contributed by atoms with E-state index in [9.17, 15) is 4.21 Å². The topological polar surface area (TPSA) is 35.5 Å². The quantitative estimate of drug-likeness (QED) is 0.714. The first-order valence-corrected chi connectivity index (χ1v) is 5.54. The molecule has 1 fully saturated rings. The minimum absolute atomic E-state index is 0.120. The van der Waals surface area contributed by atoms with Gasteiger partial charge in [-0.15, -0.1) is 0 Å². The molecule has 2 rings (SSSR count). The summed E-state index contributed by atoms with van der Waals surface area (Å²) >= 11 is -1.59. The smallest absolute Gasteiger partial charge is 0.268 e. The lowest BCUT2D eigenvalue weighted by Gasteiger charge is -2.27. The second-order valence-corrected chi connectivity index (χ2v) is 4.23. The maximum atomic E-state index is 11.1. The number of benzene rings is 1. The van der Waals surface area contributed by atoms with Gasteiger partial charge in [-0.05, 0) is 5.56 Å². The van der Waals surface area contributed by atoms with Gasteiger partial charge in [0.25, 0.3) is 0 Å². The molecule has 0 N–H and O–H groups in total. The van der Waals surface area contributed by atoms with Crippen LogP contribution in [-0.4, -0.2) is 10.8 Å². The molecule has 4 heteroatoms. The summed E-state index contributed by atoms with van der Waals surface area (Å²) in [6.45, 7) is 2.50. The summed E-state index contributed by atoms with van der Waals surface area (Å²) in [5.41, 5.74) is 1.05. The molecule has 0 spiro atoms. The molecule has 1 aliphatic rings. The van der Waals surface area contributed by atoms with E-state index >= 15 is 0 Å². The molecule has 1 saturated heterocycles. The Bertz CT molecular complexity index is 325. The normalized spacial score (nSPS) is 32.8. The predicted octanol–water partition coefficient (Wildman–Crippen LogP) is 1.99. The van der Waals surface area contributed by atoms with Crippen LogP contribution < -0.4 is 0 Å². The van der Waals surface area contributed by atoms with Crippen molar-refractivity contribution in [2.24, 2.45) is 5.92 Å². The van der Waals surface area contributed by atoms with Crippen LogP contribution in [0.2, 0.25) is 0 Å². The second kappa shape index (κ2) is 4.21. The summed E-state index contributed by atoms with van der Waals surface area (Å²) in [6.07, 6.45) is -0.120. The first-order valence-electron chi connectivity index (χ1n) is 4.54. The van der Waals surface area contributed by atoms with Gasteiger partial charge in [-0.3, -0.25) is 8.37 Å². The zero-order valence-electron chi connectivity index (χ0n) is 7.88. The van der Waals surface area contributed by atoms with Crippen molar-refractivity contribution in [2.75, 3.05) is 6.61 Å². The molecule has 1 unspecified atom stereocenters. The van der Waals surface area contributed by atoms with Crippen molar-refractivity contribution in [3.63, 3.8) is 0 Å².